The molecule has 0 spiro atoms. The van der Waals surface area contributed by atoms with Gasteiger partial charge >= 0.3 is 0 Å². The summed E-state index contributed by atoms with van der Waals surface area (Å²) >= 11 is 0. The number of aryl methyl sites for hydroxylation is 1. The Morgan fingerprint density at radius 2 is 2.00 bits per heavy atom. The first-order valence-electron chi connectivity index (χ1n) is 8.30. The van der Waals surface area contributed by atoms with Crippen LogP contribution < -0.4 is 10.6 Å². The molecule has 0 radical (unpaired) electrons. The van der Waals surface area contributed by atoms with Crippen molar-refractivity contribution >= 4 is 5.91 Å². The van der Waals surface area contributed by atoms with Crippen molar-refractivity contribution in [2.75, 3.05) is 13.1 Å². The number of nitrogens with zero attached hydrogens (tertiary/aromatic N) is 2. The fourth-order valence-electron chi connectivity index (χ4n) is 2.87. The summed E-state index contributed by atoms with van der Waals surface area (Å²) in [5.41, 5.74) is 0. The van der Waals surface area contributed by atoms with E-state index < -0.39 is 0 Å². The number of unbranched alkanes of at least 4 members (excludes halogenated alkanes) is 1. The van der Waals surface area contributed by atoms with E-state index in [0.29, 0.717) is 12.6 Å². The molecule has 1 aliphatic carbocycles. The van der Waals surface area contributed by atoms with E-state index in [1.807, 2.05) is 12.5 Å². The van der Waals surface area contributed by atoms with Crippen LogP contribution in [-0.2, 0) is 11.3 Å². The Kier molecular flexibility index (Phi) is 7.29. The molecular formula is C16H28N4O. The van der Waals surface area contributed by atoms with Crippen LogP contribution in [0.4, 0.5) is 0 Å². The average Bonchev–Trinajstić information content (AvgIpc) is 2.87. The van der Waals surface area contributed by atoms with Gasteiger partial charge in [-0.15, -0.1) is 0 Å². The van der Waals surface area contributed by atoms with Gasteiger partial charge in [-0.3, -0.25) is 4.79 Å². The lowest BCUT2D eigenvalue weighted by Crippen LogP contribution is -2.40. The maximum Gasteiger partial charge on any atom is 0.234 e. The smallest absolute Gasteiger partial charge is 0.234 e. The number of carbonyl (C=O) groups excluding carboxylic acids is 1. The molecule has 1 aromatic heterocycles. The third-order valence-electron chi connectivity index (χ3n) is 4.08. The van der Waals surface area contributed by atoms with E-state index in [9.17, 15) is 4.79 Å². The number of nitrogens with one attached hydrogen (secondary N) is 2. The van der Waals surface area contributed by atoms with E-state index in [1.165, 1.54) is 25.7 Å². The minimum Gasteiger partial charge on any atom is -0.352 e. The predicted octanol–water partition coefficient (Wildman–Crippen LogP) is 2.09. The Morgan fingerprint density at radius 1 is 1.19 bits per heavy atom. The quantitative estimate of drug-likeness (QED) is 0.570. The summed E-state index contributed by atoms with van der Waals surface area (Å²) in [6.45, 7) is 2.34. The Hall–Kier alpha value is -1.36. The summed E-state index contributed by atoms with van der Waals surface area (Å²) in [5.74, 6) is 0.150. The first-order valence-corrected chi connectivity index (χ1v) is 8.30. The Balaban J connectivity index is 1.47. The summed E-state index contributed by atoms with van der Waals surface area (Å²) < 4.78 is 2.08. The summed E-state index contributed by atoms with van der Waals surface area (Å²) in [6, 6.07) is 0.406. The van der Waals surface area contributed by atoms with Crippen LogP contribution in [0, 0.1) is 0 Å². The number of hydrogen-bond donors (Lipinski definition) is 2. The first kappa shape index (κ1) is 16.0. The van der Waals surface area contributed by atoms with Crippen molar-refractivity contribution in [1.82, 2.24) is 20.2 Å². The van der Waals surface area contributed by atoms with Gasteiger partial charge in [-0.1, -0.05) is 25.7 Å². The number of aromatic nitrogens is 2. The van der Waals surface area contributed by atoms with E-state index in [-0.39, 0.29) is 5.91 Å². The number of amides is 1. The number of imidazole rings is 1. The third kappa shape index (κ3) is 6.76. The van der Waals surface area contributed by atoms with Gasteiger partial charge in [0.15, 0.2) is 0 Å². The largest absolute Gasteiger partial charge is 0.352 e. The van der Waals surface area contributed by atoms with Gasteiger partial charge in [-0.2, -0.15) is 0 Å². The molecule has 0 atom stereocenters. The Morgan fingerprint density at radius 3 is 2.71 bits per heavy atom. The molecule has 2 rings (SSSR count). The van der Waals surface area contributed by atoms with Crippen LogP contribution in [0.3, 0.4) is 0 Å². The zero-order valence-corrected chi connectivity index (χ0v) is 12.9. The second kappa shape index (κ2) is 9.55. The average molecular weight is 292 g/mol. The lowest BCUT2D eigenvalue weighted by atomic mass is 10.1. The fraction of sp³-hybridized carbons (Fsp3) is 0.750. The summed E-state index contributed by atoms with van der Waals surface area (Å²) in [4.78, 5) is 15.9. The molecular weight excluding hydrogens is 264 g/mol. The maximum atomic E-state index is 11.9. The third-order valence-corrected chi connectivity index (χ3v) is 4.08. The van der Waals surface area contributed by atoms with Crippen LogP contribution in [-0.4, -0.2) is 34.6 Å². The first-order chi connectivity index (χ1) is 10.3. The highest BCUT2D eigenvalue weighted by Gasteiger charge is 2.13. The van der Waals surface area contributed by atoms with Crippen molar-refractivity contribution in [1.29, 1.82) is 0 Å². The summed E-state index contributed by atoms with van der Waals surface area (Å²) in [6.07, 6.45) is 15.3. The van der Waals surface area contributed by atoms with Gasteiger partial charge in [0.05, 0.1) is 12.9 Å². The molecule has 5 nitrogen and oxygen atoms in total. The van der Waals surface area contributed by atoms with Crippen LogP contribution in [0.2, 0.25) is 0 Å². The van der Waals surface area contributed by atoms with Gasteiger partial charge in [0.2, 0.25) is 5.91 Å². The summed E-state index contributed by atoms with van der Waals surface area (Å²) in [5, 5.41) is 6.39. The van der Waals surface area contributed by atoms with Crippen LogP contribution in [0.5, 0.6) is 0 Å². The van der Waals surface area contributed by atoms with Crippen LogP contribution in [0.15, 0.2) is 18.7 Å². The Labute approximate surface area is 127 Å². The highest BCUT2D eigenvalue weighted by Crippen LogP contribution is 2.16. The number of rotatable bonds is 8. The van der Waals surface area contributed by atoms with E-state index in [1.54, 1.807) is 6.20 Å². The maximum absolute atomic E-state index is 11.9. The lowest BCUT2D eigenvalue weighted by Gasteiger charge is -2.16. The molecule has 2 N–H and O–H groups in total. The Bertz CT molecular complexity index is 383. The molecule has 0 aliphatic heterocycles. The highest BCUT2D eigenvalue weighted by molar-refractivity contribution is 5.78. The van der Waals surface area contributed by atoms with E-state index >= 15 is 0 Å². The summed E-state index contributed by atoms with van der Waals surface area (Å²) in [7, 11) is 0. The predicted molar refractivity (Wildman–Crippen MR) is 84.0 cm³/mol. The number of carbonyl (C=O) groups is 1. The van der Waals surface area contributed by atoms with Gasteiger partial charge in [0.1, 0.15) is 0 Å². The molecule has 0 unspecified atom stereocenters. The zero-order valence-electron chi connectivity index (χ0n) is 12.9. The van der Waals surface area contributed by atoms with E-state index in [4.69, 9.17) is 0 Å². The van der Waals surface area contributed by atoms with Crippen molar-refractivity contribution in [2.45, 2.75) is 64.0 Å². The van der Waals surface area contributed by atoms with Gasteiger partial charge in [0, 0.05) is 25.0 Å². The molecule has 5 heteroatoms. The lowest BCUT2D eigenvalue weighted by molar-refractivity contribution is -0.121. The van der Waals surface area contributed by atoms with Crippen LogP contribution in [0.1, 0.15) is 51.4 Å². The van der Waals surface area contributed by atoms with Gasteiger partial charge in [0.25, 0.3) is 0 Å². The SMILES string of the molecule is O=C(CNCCCCn1ccnc1)NC1CCCCCC1. The second-order valence-electron chi connectivity index (χ2n) is 5.94. The zero-order chi connectivity index (χ0) is 14.8. The van der Waals surface area contributed by atoms with Crippen molar-refractivity contribution in [3.63, 3.8) is 0 Å². The fourth-order valence-corrected chi connectivity index (χ4v) is 2.87. The van der Waals surface area contributed by atoms with Crippen molar-refractivity contribution in [2.24, 2.45) is 0 Å². The molecule has 1 aromatic rings. The van der Waals surface area contributed by atoms with Crippen LogP contribution >= 0.6 is 0 Å². The molecule has 1 heterocycles. The van der Waals surface area contributed by atoms with Crippen LogP contribution in [0.25, 0.3) is 0 Å². The molecule has 0 bridgehead atoms. The second-order valence-corrected chi connectivity index (χ2v) is 5.94. The van der Waals surface area contributed by atoms with Gasteiger partial charge < -0.3 is 15.2 Å². The van der Waals surface area contributed by atoms with Gasteiger partial charge in [-0.05, 0) is 32.2 Å². The highest BCUT2D eigenvalue weighted by atomic mass is 16.1. The van der Waals surface area contributed by atoms with Crippen molar-refractivity contribution < 1.29 is 4.79 Å². The number of hydrogen-bond acceptors (Lipinski definition) is 3. The van der Waals surface area contributed by atoms with E-state index in [2.05, 4.69) is 20.2 Å². The van der Waals surface area contributed by atoms with Crippen molar-refractivity contribution in [3.05, 3.63) is 18.7 Å². The molecule has 1 aliphatic rings. The minimum absolute atomic E-state index is 0.150. The van der Waals surface area contributed by atoms with E-state index in [0.717, 1.165) is 38.8 Å². The molecule has 0 saturated heterocycles. The minimum atomic E-state index is 0.150. The molecule has 1 amide bonds. The molecule has 118 valence electrons. The molecule has 1 fully saturated rings. The molecule has 0 aromatic carbocycles. The van der Waals surface area contributed by atoms with Crippen molar-refractivity contribution in [3.8, 4) is 0 Å². The van der Waals surface area contributed by atoms with Gasteiger partial charge in [-0.25, -0.2) is 4.98 Å². The normalized spacial score (nSPS) is 16.6. The topological polar surface area (TPSA) is 59.0 Å². The molecule has 1 saturated carbocycles. The molecule has 21 heavy (non-hydrogen) atoms. The standard InChI is InChI=1S/C16H28N4O/c21-16(19-15-7-3-1-2-4-8-15)13-17-9-5-6-11-20-12-10-18-14-20/h10,12,14-15,17H,1-9,11,13H2,(H,19,21). The monoisotopic (exact) mass is 292 g/mol.